The second kappa shape index (κ2) is 10.9. The molecule has 0 aliphatic carbocycles. The van der Waals surface area contributed by atoms with Gasteiger partial charge in [0.15, 0.2) is 0 Å². The van der Waals surface area contributed by atoms with E-state index in [0.29, 0.717) is 6.42 Å². The van der Waals surface area contributed by atoms with E-state index < -0.39 is 6.36 Å². The van der Waals surface area contributed by atoms with E-state index in [2.05, 4.69) is 15.0 Å². The first kappa shape index (κ1) is 25.4. The Balaban J connectivity index is 0.00000210. The lowest BCUT2D eigenvalue weighted by atomic mass is 9.93. The van der Waals surface area contributed by atoms with Crippen LogP contribution in [-0.2, 0) is 6.42 Å². The zero-order chi connectivity index (χ0) is 19.4. The van der Waals surface area contributed by atoms with Crippen LogP contribution in [0.3, 0.4) is 0 Å². The molecule has 1 heterocycles. The Bertz CT molecular complexity index is 767. The van der Waals surface area contributed by atoms with Crippen LogP contribution in [0.15, 0.2) is 42.5 Å². The number of aromatic hydroxyl groups is 1. The fraction of sp³-hybridized carbons (Fsp3) is 0.400. The number of ether oxygens (including phenoxy) is 1. The number of hydrogen-bond acceptors (Lipinski definition) is 4. The maximum absolute atomic E-state index is 12.4. The number of phenolic OH excluding ortho intramolecular Hbond substituents is 1. The summed E-state index contributed by atoms with van der Waals surface area (Å²) in [5.74, 6) is -0.00371. The Labute approximate surface area is 180 Å². The topological polar surface area (TPSA) is 44.7 Å². The van der Waals surface area contributed by atoms with E-state index in [-0.39, 0.29) is 42.4 Å². The predicted molar refractivity (Wildman–Crippen MR) is 111 cm³/mol. The molecule has 1 fully saturated rings. The molecule has 0 bridgehead atoms. The van der Waals surface area contributed by atoms with Gasteiger partial charge in [-0.25, -0.2) is 0 Å². The summed E-state index contributed by atoms with van der Waals surface area (Å²) in [6, 6.07) is 11.3. The van der Waals surface area contributed by atoms with Gasteiger partial charge in [0.25, 0.3) is 0 Å². The Kier molecular flexibility index (Phi) is 9.55. The third-order valence-electron chi connectivity index (χ3n) is 4.77. The van der Waals surface area contributed by atoms with Crippen LogP contribution in [-0.4, -0.2) is 42.5 Å². The molecule has 1 saturated heterocycles. The molecule has 0 aromatic heterocycles. The van der Waals surface area contributed by atoms with Gasteiger partial charge in [0, 0.05) is 31.7 Å². The summed E-state index contributed by atoms with van der Waals surface area (Å²) in [7, 11) is 0. The average Bonchev–Trinajstić information content (AvgIpc) is 2.64. The maximum atomic E-state index is 12.4. The number of piperazine rings is 1. The first-order valence-electron chi connectivity index (χ1n) is 9.00. The van der Waals surface area contributed by atoms with Crippen LogP contribution in [0.25, 0.3) is 0 Å². The minimum Gasteiger partial charge on any atom is -0.507 e. The number of aryl methyl sites for hydroxylation is 1. The quantitative estimate of drug-likeness (QED) is 0.690. The maximum Gasteiger partial charge on any atom is 0.573 e. The lowest BCUT2D eigenvalue weighted by molar-refractivity contribution is -0.274. The summed E-state index contributed by atoms with van der Waals surface area (Å²) in [6.45, 7) is 5.17. The normalized spacial score (nSPS) is 15.7. The number of alkyl halides is 3. The van der Waals surface area contributed by atoms with Gasteiger partial charge in [-0.3, -0.25) is 4.90 Å². The fourth-order valence-electron chi connectivity index (χ4n) is 3.50. The van der Waals surface area contributed by atoms with Gasteiger partial charge in [0.1, 0.15) is 11.5 Å². The van der Waals surface area contributed by atoms with Gasteiger partial charge in [0.05, 0.1) is 6.04 Å². The van der Waals surface area contributed by atoms with Crippen molar-refractivity contribution in [3.05, 3.63) is 59.2 Å². The van der Waals surface area contributed by atoms with Crippen molar-refractivity contribution >= 4 is 24.8 Å². The molecular formula is C20H25Cl2F3N2O2. The molecular weight excluding hydrogens is 428 g/mol. The predicted octanol–water partition coefficient (Wildman–Crippen LogP) is 4.69. The lowest BCUT2D eigenvalue weighted by Gasteiger charge is -2.36. The van der Waals surface area contributed by atoms with E-state index in [1.165, 1.54) is 12.1 Å². The Morgan fingerprint density at radius 1 is 1.07 bits per heavy atom. The molecule has 2 aromatic rings. The molecule has 162 valence electrons. The van der Waals surface area contributed by atoms with E-state index in [1.807, 2.05) is 25.1 Å². The summed E-state index contributed by atoms with van der Waals surface area (Å²) in [6.07, 6.45) is -4.01. The SMILES string of the molecule is CCc1cccc([C@@H](c2ccc(OC(F)(F)F)cc2)N2CCNCC2)c1O.Cl.Cl. The highest BCUT2D eigenvalue weighted by molar-refractivity contribution is 5.85. The van der Waals surface area contributed by atoms with Crippen LogP contribution in [0.4, 0.5) is 13.2 Å². The molecule has 4 nitrogen and oxygen atoms in total. The van der Waals surface area contributed by atoms with Crippen molar-refractivity contribution in [2.75, 3.05) is 26.2 Å². The van der Waals surface area contributed by atoms with Gasteiger partial charge in [-0.2, -0.15) is 0 Å². The molecule has 0 saturated carbocycles. The minimum atomic E-state index is -4.72. The number of benzene rings is 2. The van der Waals surface area contributed by atoms with Gasteiger partial charge in [-0.1, -0.05) is 37.3 Å². The smallest absolute Gasteiger partial charge is 0.507 e. The molecule has 9 heteroatoms. The first-order valence-corrected chi connectivity index (χ1v) is 9.00. The summed E-state index contributed by atoms with van der Waals surface area (Å²) < 4.78 is 41.2. The monoisotopic (exact) mass is 452 g/mol. The second-order valence-electron chi connectivity index (χ2n) is 6.51. The van der Waals surface area contributed by atoms with Crippen molar-refractivity contribution in [2.24, 2.45) is 0 Å². The zero-order valence-electron chi connectivity index (χ0n) is 15.9. The number of para-hydroxylation sites is 1. The minimum absolute atomic E-state index is 0. The second-order valence-corrected chi connectivity index (χ2v) is 6.51. The van der Waals surface area contributed by atoms with Crippen LogP contribution in [0.5, 0.6) is 11.5 Å². The van der Waals surface area contributed by atoms with Crippen LogP contribution in [0, 0.1) is 0 Å². The molecule has 0 amide bonds. The van der Waals surface area contributed by atoms with Gasteiger partial charge >= 0.3 is 6.36 Å². The average molecular weight is 453 g/mol. The number of phenols is 1. The molecule has 0 unspecified atom stereocenters. The summed E-state index contributed by atoms with van der Waals surface area (Å²) in [5.41, 5.74) is 2.43. The summed E-state index contributed by atoms with van der Waals surface area (Å²) >= 11 is 0. The summed E-state index contributed by atoms with van der Waals surface area (Å²) in [4.78, 5) is 2.23. The number of halogens is 5. The van der Waals surface area contributed by atoms with E-state index in [0.717, 1.165) is 42.9 Å². The molecule has 1 aliphatic rings. The first-order chi connectivity index (χ1) is 12.9. The molecule has 2 aromatic carbocycles. The van der Waals surface area contributed by atoms with Gasteiger partial charge in [0.2, 0.25) is 0 Å². The van der Waals surface area contributed by atoms with Gasteiger partial charge in [-0.05, 0) is 29.7 Å². The highest BCUT2D eigenvalue weighted by Gasteiger charge is 2.31. The van der Waals surface area contributed by atoms with E-state index >= 15 is 0 Å². The van der Waals surface area contributed by atoms with Crippen molar-refractivity contribution in [2.45, 2.75) is 25.7 Å². The number of nitrogens with one attached hydrogen (secondary N) is 1. The van der Waals surface area contributed by atoms with E-state index in [1.54, 1.807) is 12.1 Å². The van der Waals surface area contributed by atoms with Crippen molar-refractivity contribution in [1.82, 2.24) is 10.2 Å². The van der Waals surface area contributed by atoms with Gasteiger partial charge < -0.3 is 15.2 Å². The summed E-state index contributed by atoms with van der Waals surface area (Å²) in [5, 5.41) is 14.0. The molecule has 1 atom stereocenters. The number of rotatable bonds is 5. The molecule has 3 rings (SSSR count). The Morgan fingerprint density at radius 2 is 1.69 bits per heavy atom. The van der Waals surface area contributed by atoms with Gasteiger partial charge in [-0.15, -0.1) is 38.0 Å². The van der Waals surface area contributed by atoms with Crippen LogP contribution < -0.4 is 10.1 Å². The van der Waals surface area contributed by atoms with Crippen molar-refractivity contribution in [3.63, 3.8) is 0 Å². The molecule has 29 heavy (non-hydrogen) atoms. The van der Waals surface area contributed by atoms with E-state index in [9.17, 15) is 18.3 Å². The van der Waals surface area contributed by atoms with E-state index in [4.69, 9.17) is 0 Å². The largest absolute Gasteiger partial charge is 0.573 e. The standard InChI is InChI=1S/C20H23F3N2O2.2ClH/c1-2-14-4-3-5-17(19(14)26)18(25-12-10-24-11-13-25)15-6-8-16(9-7-15)27-20(21,22)23;;/h3-9,18,24,26H,2,10-13H2,1H3;2*1H/t18-;;/m1../s1. The molecule has 0 spiro atoms. The van der Waals surface area contributed by atoms with Crippen molar-refractivity contribution in [3.8, 4) is 11.5 Å². The third-order valence-corrected chi connectivity index (χ3v) is 4.77. The number of nitrogens with zero attached hydrogens (tertiary/aromatic N) is 1. The van der Waals surface area contributed by atoms with Crippen molar-refractivity contribution < 1.29 is 23.0 Å². The van der Waals surface area contributed by atoms with Crippen LogP contribution in [0.2, 0.25) is 0 Å². The third kappa shape index (κ3) is 6.40. The van der Waals surface area contributed by atoms with Crippen LogP contribution >= 0.6 is 24.8 Å². The zero-order valence-corrected chi connectivity index (χ0v) is 17.5. The Morgan fingerprint density at radius 3 is 2.24 bits per heavy atom. The Hall–Kier alpha value is -1.67. The van der Waals surface area contributed by atoms with Crippen molar-refractivity contribution in [1.29, 1.82) is 0 Å². The highest BCUT2D eigenvalue weighted by Crippen LogP contribution is 2.37. The number of hydrogen-bond donors (Lipinski definition) is 2. The molecule has 2 N–H and O–H groups in total. The lowest BCUT2D eigenvalue weighted by Crippen LogP contribution is -2.45. The molecule has 0 radical (unpaired) electrons. The van der Waals surface area contributed by atoms with Crippen LogP contribution in [0.1, 0.15) is 29.7 Å². The highest BCUT2D eigenvalue weighted by atomic mass is 35.5. The molecule has 1 aliphatic heterocycles. The fourth-order valence-corrected chi connectivity index (χ4v) is 3.50.